The van der Waals surface area contributed by atoms with E-state index in [0.29, 0.717) is 0 Å². The van der Waals surface area contributed by atoms with E-state index in [4.69, 9.17) is 4.74 Å². The lowest BCUT2D eigenvalue weighted by Crippen LogP contribution is -2.30. The van der Waals surface area contributed by atoms with Gasteiger partial charge in [0, 0.05) is 10.3 Å². The van der Waals surface area contributed by atoms with Crippen LogP contribution >= 0.6 is 11.3 Å². The molecule has 3 nitrogen and oxygen atoms in total. The van der Waals surface area contributed by atoms with Gasteiger partial charge >= 0.3 is 5.97 Å². The normalized spacial score (nSPS) is 12.6. The monoisotopic (exact) mass is 255 g/mol. The Balaban J connectivity index is 3.23. The fourth-order valence-electron chi connectivity index (χ4n) is 1.70. The Bertz CT molecular complexity index is 427. The van der Waals surface area contributed by atoms with Crippen LogP contribution in [0.1, 0.15) is 50.2 Å². The van der Waals surface area contributed by atoms with Gasteiger partial charge < -0.3 is 4.74 Å². The van der Waals surface area contributed by atoms with Gasteiger partial charge in [0.25, 0.3) is 0 Å². The summed E-state index contributed by atoms with van der Waals surface area (Å²) in [5, 5.41) is 0.826. The number of carbonyl (C=O) groups excluding carboxylic acids is 1. The van der Waals surface area contributed by atoms with Crippen LogP contribution in [0.4, 0.5) is 0 Å². The number of aryl methyl sites for hydroxylation is 1. The maximum Gasteiger partial charge on any atom is 0.318 e. The van der Waals surface area contributed by atoms with Gasteiger partial charge in [0.2, 0.25) is 0 Å². The third-order valence-corrected chi connectivity index (χ3v) is 4.03. The van der Waals surface area contributed by atoms with E-state index < -0.39 is 5.41 Å². The molecule has 0 saturated heterocycles. The molecule has 0 fully saturated rings. The summed E-state index contributed by atoms with van der Waals surface area (Å²) < 4.78 is 4.83. The van der Waals surface area contributed by atoms with Crippen molar-refractivity contribution in [3.63, 3.8) is 0 Å². The van der Waals surface area contributed by atoms with Crippen molar-refractivity contribution >= 4 is 17.3 Å². The second kappa shape index (κ2) is 4.41. The van der Waals surface area contributed by atoms with Gasteiger partial charge in [0.15, 0.2) is 0 Å². The first-order valence-electron chi connectivity index (χ1n) is 5.67. The lowest BCUT2D eigenvalue weighted by molar-refractivity contribution is -0.146. The molecule has 0 N–H and O–H groups in total. The number of nitrogens with zero attached hydrogens (tertiary/aromatic N) is 1. The first kappa shape index (κ1) is 14.2. The van der Waals surface area contributed by atoms with E-state index in [-0.39, 0.29) is 11.4 Å². The molecule has 0 bridgehead atoms. The largest absolute Gasteiger partial charge is 0.468 e. The van der Waals surface area contributed by atoms with Crippen molar-refractivity contribution in [3.8, 4) is 0 Å². The maximum atomic E-state index is 11.7. The molecule has 0 saturated carbocycles. The van der Waals surface area contributed by atoms with Gasteiger partial charge in [-0.25, -0.2) is 4.98 Å². The lowest BCUT2D eigenvalue weighted by Gasteiger charge is -2.19. The number of methoxy groups -OCH3 is 1. The van der Waals surface area contributed by atoms with Crippen LogP contribution in [-0.4, -0.2) is 18.1 Å². The zero-order chi connectivity index (χ0) is 13.4. The first-order chi connectivity index (χ1) is 7.60. The molecule has 0 aliphatic carbocycles. The van der Waals surface area contributed by atoms with Crippen LogP contribution in [-0.2, 0) is 20.4 Å². The SMILES string of the molecule is COC(=O)C(C)(C)c1nc(C(C)(C)C)c(C)s1. The molecule has 17 heavy (non-hydrogen) atoms. The summed E-state index contributed by atoms with van der Waals surface area (Å²) in [7, 11) is 1.41. The molecule has 1 aromatic rings. The summed E-state index contributed by atoms with van der Waals surface area (Å²) in [4.78, 5) is 17.6. The van der Waals surface area contributed by atoms with E-state index in [0.717, 1.165) is 10.7 Å². The Kier molecular flexibility index (Phi) is 3.67. The van der Waals surface area contributed by atoms with Gasteiger partial charge in [0.1, 0.15) is 10.4 Å². The highest BCUT2D eigenvalue weighted by molar-refractivity contribution is 7.12. The van der Waals surface area contributed by atoms with E-state index in [2.05, 4.69) is 32.7 Å². The number of carbonyl (C=O) groups is 1. The first-order valence-corrected chi connectivity index (χ1v) is 6.49. The molecule has 0 amide bonds. The molecule has 0 aliphatic rings. The summed E-state index contributed by atoms with van der Waals surface area (Å²) in [5.74, 6) is -0.244. The molecule has 0 spiro atoms. The third-order valence-electron chi connectivity index (χ3n) is 2.74. The standard InChI is InChI=1S/C13H21NO2S/c1-8-9(12(2,3)4)14-10(17-8)13(5,6)11(15)16-7/h1-7H3. The minimum absolute atomic E-state index is 0.00499. The van der Waals surface area contributed by atoms with Crippen LogP contribution in [0.3, 0.4) is 0 Å². The van der Waals surface area contributed by atoms with Crippen molar-refractivity contribution in [2.45, 2.75) is 52.4 Å². The lowest BCUT2D eigenvalue weighted by atomic mass is 9.90. The van der Waals surface area contributed by atoms with Gasteiger partial charge in [-0.3, -0.25) is 4.79 Å². The summed E-state index contributed by atoms with van der Waals surface area (Å²) in [6.45, 7) is 12.1. The predicted octanol–water partition coefficient (Wildman–Crippen LogP) is 3.20. The van der Waals surface area contributed by atoms with E-state index in [1.807, 2.05) is 13.8 Å². The number of thiazole rings is 1. The number of hydrogen-bond donors (Lipinski definition) is 0. The molecule has 0 atom stereocenters. The summed E-state index contributed by atoms with van der Waals surface area (Å²) in [6, 6.07) is 0. The zero-order valence-electron chi connectivity index (χ0n) is 11.7. The average molecular weight is 255 g/mol. The summed E-state index contributed by atoms with van der Waals surface area (Å²) in [5.41, 5.74) is 0.396. The zero-order valence-corrected chi connectivity index (χ0v) is 12.5. The Morgan fingerprint density at radius 1 is 1.24 bits per heavy atom. The molecule has 1 heterocycles. The Morgan fingerprint density at radius 3 is 2.12 bits per heavy atom. The number of rotatable bonds is 2. The second-order valence-electron chi connectivity index (χ2n) is 5.79. The molecule has 0 aliphatic heterocycles. The van der Waals surface area contributed by atoms with E-state index in [9.17, 15) is 4.79 Å². The van der Waals surface area contributed by atoms with Crippen LogP contribution in [0.25, 0.3) is 0 Å². The van der Waals surface area contributed by atoms with Gasteiger partial charge in [-0.2, -0.15) is 0 Å². The number of ether oxygens (including phenoxy) is 1. The molecule has 96 valence electrons. The minimum Gasteiger partial charge on any atom is -0.468 e. The van der Waals surface area contributed by atoms with Gasteiger partial charge in [-0.05, 0) is 20.8 Å². The predicted molar refractivity (Wildman–Crippen MR) is 70.6 cm³/mol. The molecule has 0 radical (unpaired) electrons. The molecule has 1 rings (SSSR count). The Hall–Kier alpha value is -0.900. The molecule has 1 aromatic heterocycles. The summed E-state index contributed by atoms with van der Waals surface area (Å²) >= 11 is 1.58. The molecular weight excluding hydrogens is 234 g/mol. The smallest absolute Gasteiger partial charge is 0.318 e. The van der Waals surface area contributed by atoms with Crippen LogP contribution < -0.4 is 0 Å². The number of aromatic nitrogens is 1. The Morgan fingerprint density at radius 2 is 1.76 bits per heavy atom. The van der Waals surface area contributed by atoms with Crippen molar-refractivity contribution < 1.29 is 9.53 Å². The van der Waals surface area contributed by atoms with E-state index >= 15 is 0 Å². The maximum absolute atomic E-state index is 11.7. The fraction of sp³-hybridized carbons (Fsp3) is 0.692. The van der Waals surface area contributed by atoms with Gasteiger partial charge in [0.05, 0.1) is 12.8 Å². The highest BCUT2D eigenvalue weighted by Crippen LogP contribution is 2.35. The van der Waals surface area contributed by atoms with Crippen molar-refractivity contribution in [2.24, 2.45) is 0 Å². The van der Waals surface area contributed by atoms with Crippen LogP contribution in [0, 0.1) is 6.92 Å². The van der Waals surface area contributed by atoms with Crippen LogP contribution in [0.15, 0.2) is 0 Å². The highest BCUT2D eigenvalue weighted by Gasteiger charge is 2.36. The van der Waals surface area contributed by atoms with Crippen molar-refractivity contribution in [2.75, 3.05) is 7.11 Å². The quantitative estimate of drug-likeness (QED) is 0.762. The van der Waals surface area contributed by atoms with Gasteiger partial charge in [-0.1, -0.05) is 20.8 Å². The highest BCUT2D eigenvalue weighted by atomic mass is 32.1. The molecule has 4 heteroatoms. The average Bonchev–Trinajstić information content (AvgIpc) is 2.59. The third kappa shape index (κ3) is 2.68. The number of esters is 1. The molecular formula is C13H21NO2S. The van der Waals surface area contributed by atoms with E-state index in [1.165, 1.54) is 12.0 Å². The second-order valence-corrected chi connectivity index (χ2v) is 6.99. The fourth-order valence-corrected chi connectivity index (χ4v) is 2.92. The van der Waals surface area contributed by atoms with Crippen LogP contribution in [0.5, 0.6) is 0 Å². The van der Waals surface area contributed by atoms with Gasteiger partial charge in [-0.15, -0.1) is 11.3 Å². The van der Waals surface area contributed by atoms with Crippen molar-refractivity contribution in [1.82, 2.24) is 4.98 Å². The minimum atomic E-state index is -0.673. The summed E-state index contributed by atoms with van der Waals surface area (Å²) in [6.07, 6.45) is 0. The molecule has 0 unspecified atom stereocenters. The molecule has 0 aromatic carbocycles. The number of hydrogen-bond acceptors (Lipinski definition) is 4. The van der Waals surface area contributed by atoms with E-state index in [1.54, 1.807) is 11.3 Å². The van der Waals surface area contributed by atoms with Crippen LogP contribution in [0.2, 0.25) is 0 Å². The topological polar surface area (TPSA) is 39.2 Å². The van der Waals surface area contributed by atoms with Crippen molar-refractivity contribution in [3.05, 3.63) is 15.6 Å². The Labute approximate surface area is 107 Å². The van der Waals surface area contributed by atoms with Crippen molar-refractivity contribution in [1.29, 1.82) is 0 Å².